The molecule has 0 unspecified atom stereocenters. The van der Waals surface area contributed by atoms with Gasteiger partial charge >= 0.3 is 0 Å². The first kappa shape index (κ1) is 11.7. The number of nitrogens with one attached hydrogen (secondary N) is 1. The molecule has 1 aromatic heterocycles. The van der Waals surface area contributed by atoms with Gasteiger partial charge in [-0.15, -0.1) is 0 Å². The van der Waals surface area contributed by atoms with Crippen LogP contribution in [-0.4, -0.2) is 37.0 Å². The van der Waals surface area contributed by atoms with Gasteiger partial charge in [0.1, 0.15) is 0 Å². The summed E-state index contributed by atoms with van der Waals surface area (Å²) in [7, 11) is 1.96. The summed E-state index contributed by atoms with van der Waals surface area (Å²) in [4.78, 5) is 13.8. The van der Waals surface area contributed by atoms with Gasteiger partial charge in [0.2, 0.25) is 0 Å². The molecule has 2 rings (SSSR count). The van der Waals surface area contributed by atoms with Crippen molar-refractivity contribution in [3.05, 3.63) is 22.6 Å². The lowest BCUT2D eigenvalue weighted by Gasteiger charge is -2.31. The summed E-state index contributed by atoms with van der Waals surface area (Å²) in [6, 6.07) is 3.98. The molecule has 0 bridgehead atoms. The zero-order valence-corrected chi connectivity index (χ0v) is 10.8. The summed E-state index contributed by atoms with van der Waals surface area (Å²) >= 11 is 3.20. The lowest BCUT2D eigenvalue weighted by Crippen LogP contribution is -2.43. The molecule has 0 spiro atoms. The predicted molar refractivity (Wildman–Crippen MR) is 64.4 cm³/mol. The fourth-order valence-corrected chi connectivity index (χ4v) is 2.26. The number of amides is 1. The number of carbonyl (C=O) groups excluding carboxylic acids is 1. The van der Waals surface area contributed by atoms with Crippen molar-refractivity contribution in [1.82, 2.24) is 10.2 Å². The molecular formula is C11H15BrN2O2. The Hall–Kier alpha value is -0.810. The molecule has 1 aromatic rings. The van der Waals surface area contributed by atoms with Crippen LogP contribution in [0.25, 0.3) is 0 Å². The Balaban J connectivity index is 1.96. The second-order valence-electron chi connectivity index (χ2n) is 3.96. The molecule has 0 radical (unpaired) electrons. The van der Waals surface area contributed by atoms with Crippen LogP contribution in [0.15, 0.2) is 21.2 Å². The Kier molecular flexibility index (Phi) is 3.66. The minimum absolute atomic E-state index is 0.0137. The van der Waals surface area contributed by atoms with Crippen molar-refractivity contribution in [1.29, 1.82) is 0 Å². The van der Waals surface area contributed by atoms with Gasteiger partial charge in [-0.05, 0) is 48.0 Å². The summed E-state index contributed by atoms with van der Waals surface area (Å²) in [6.45, 7) is 1.59. The van der Waals surface area contributed by atoms with E-state index in [1.54, 1.807) is 12.1 Å². The number of hydrogen-bond donors (Lipinski definition) is 1. The highest BCUT2D eigenvalue weighted by Gasteiger charge is 2.24. The quantitative estimate of drug-likeness (QED) is 0.903. The molecule has 1 amide bonds. The van der Waals surface area contributed by atoms with Crippen molar-refractivity contribution < 1.29 is 9.21 Å². The molecule has 1 N–H and O–H groups in total. The van der Waals surface area contributed by atoms with Crippen LogP contribution in [0.1, 0.15) is 23.4 Å². The van der Waals surface area contributed by atoms with Crippen molar-refractivity contribution in [2.24, 2.45) is 0 Å². The van der Waals surface area contributed by atoms with E-state index in [1.165, 1.54) is 0 Å². The Morgan fingerprint density at radius 2 is 2.19 bits per heavy atom. The molecule has 5 heteroatoms. The molecule has 2 heterocycles. The van der Waals surface area contributed by atoms with Crippen molar-refractivity contribution in [3.8, 4) is 0 Å². The normalized spacial score (nSPS) is 17.8. The SMILES string of the molecule is CNC1CCN(C(=O)c2ccc(Br)o2)CC1. The third-order valence-corrected chi connectivity index (χ3v) is 3.40. The maximum atomic E-state index is 12.0. The minimum atomic E-state index is -0.0137. The van der Waals surface area contributed by atoms with E-state index in [4.69, 9.17) is 4.42 Å². The zero-order chi connectivity index (χ0) is 11.5. The number of hydrogen-bond acceptors (Lipinski definition) is 3. The Labute approximate surface area is 103 Å². The van der Waals surface area contributed by atoms with E-state index in [-0.39, 0.29) is 5.91 Å². The highest BCUT2D eigenvalue weighted by atomic mass is 79.9. The first-order valence-corrected chi connectivity index (χ1v) is 6.22. The van der Waals surface area contributed by atoms with E-state index in [1.807, 2.05) is 11.9 Å². The van der Waals surface area contributed by atoms with Gasteiger partial charge in [0.05, 0.1) is 0 Å². The van der Waals surface area contributed by atoms with E-state index in [2.05, 4.69) is 21.2 Å². The molecule has 16 heavy (non-hydrogen) atoms. The van der Waals surface area contributed by atoms with Gasteiger partial charge in [0.15, 0.2) is 10.4 Å². The van der Waals surface area contributed by atoms with E-state index in [0.29, 0.717) is 16.5 Å². The number of carbonyl (C=O) groups is 1. The fourth-order valence-electron chi connectivity index (χ4n) is 1.96. The third kappa shape index (κ3) is 2.47. The highest BCUT2D eigenvalue weighted by Crippen LogP contribution is 2.18. The van der Waals surface area contributed by atoms with Crippen LogP contribution < -0.4 is 5.32 Å². The topological polar surface area (TPSA) is 45.5 Å². The van der Waals surface area contributed by atoms with Crippen LogP contribution in [0.4, 0.5) is 0 Å². The maximum Gasteiger partial charge on any atom is 0.289 e. The minimum Gasteiger partial charge on any atom is -0.444 e. The summed E-state index contributed by atoms with van der Waals surface area (Å²) in [6.07, 6.45) is 2.01. The number of rotatable bonds is 2. The monoisotopic (exact) mass is 286 g/mol. The van der Waals surface area contributed by atoms with E-state index >= 15 is 0 Å². The molecule has 0 aromatic carbocycles. The summed E-state index contributed by atoms with van der Waals surface area (Å²) in [5.74, 6) is 0.398. The second-order valence-corrected chi connectivity index (χ2v) is 4.74. The number of nitrogens with zero attached hydrogens (tertiary/aromatic N) is 1. The Bertz CT molecular complexity index is 370. The van der Waals surface area contributed by atoms with Crippen LogP contribution in [0.3, 0.4) is 0 Å². The lowest BCUT2D eigenvalue weighted by molar-refractivity contribution is 0.0674. The van der Waals surface area contributed by atoms with Gasteiger partial charge in [0.25, 0.3) is 5.91 Å². The molecule has 0 atom stereocenters. The van der Waals surface area contributed by atoms with Gasteiger partial charge in [-0.2, -0.15) is 0 Å². The molecule has 1 fully saturated rings. The number of likely N-dealkylation sites (tertiary alicyclic amines) is 1. The summed E-state index contributed by atoms with van der Waals surface area (Å²) in [5, 5.41) is 3.24. The smallest absolute Gasteiger partial charge is 0.289 e. The van der Waals surface area contributed by atoms with Crippen LogP contribution in [0.5, 0.6) is 0 Å². The molecule has 88 valence electrons. The molecule has 4 nitrogen and oxygen atoms in total. The molecule has 0 saturated carbocycles. The maximum absolute atomic E-state index is 12.0. The first-order valence-electron chi connectivity index (χ1n) is 5.42. The first-order chi connectivity index (χ1) is 7.70. The van der Waals surface area contributed by atoms with Crippen molar-refractivity contribution in [3.63, 3.8) is 0 Å². The van der Waals surface area contributed by atoms with Crippen molar-refractivity contribution in [2.45, 2.75) is 18.9 Å². The average molecular weight is 287 g/mol. The van der Waals surface area contributed by atoms with E-state index in [9.17, 15) is 4.79 Å². The van der Waals surface area contributed by atoms with Gasteiger partial charge in [-0.25, -0.2) is 0 Å². The van der Waals surface area contributed by atoms with Crippen LogP contribution >= 0.6 is 15.9 Å². The van der Waals surface area contributed by atoms with Gasteiger partial charge < -0.3 is 14.6 Å². The van der Waals surface area contributed by atoms with Crippen LogP contribution in [0.2, 0.25) is 0 Å². The summed E-state index contributed by atoms with van der Waals surface area (Å²) < 4.78 is 5.86. The molecular weight excluding hydrogens is 272 g/mol. The number of halogens is 1. The van der Waals surface area contributed by atoms with E-state index in [0.717, 1.165) is 25.9 Å². The Morgan fingerprint density at radius 3 is 2.69 bits per heavy atom. The Morgan fingerprint density at radius 1 is 1.50 bits per heavy atom. The number of furan rings is 1. The zero-order valence-electron chi connectivity index (χ0n) is 9.20. The highest BCUT2D eigenvalue weighted by molar-refractivity contribution is 9.10. The molecule has 0 aliphatic carbocycles. The van der Waals surface area contributed by atoms with E-state index < -0.39 is 0 Å². The van der Waals surface area contributed by atoms with Gasteiger partial charge in [-0.1, -0.05) is 0 Å². The third-order valence-electron chi connectivity index (χ3n) is 2.97. The van der Waals surface area contributed by atoms with Gasteiger partial charge in [0, 0.05) is 19.1 Å². The fraction of sp³-hybridized carbons (Fsp3) is 0.545. The average Bonchev–Trinajstić information content (AvgIpc) is 2.75. The predicted octanol–water partition coefficient (Wildman–Crippen LogP) is 1.87. The van der Waals surface area contributed by atoms with Crippen molar-refractivity contribution >= 4 is 21.8 Å². The van der Waals surface area contributed by atoms with Crippen LogP contribution in [-0.2, 0) is 0 Å². The molecule has 1 saturated heterocycles. The standard InChI is InChI=1S/C11H15BrN2O2/c1-13-8-4-6-14(7-5-8)11(15)9-2-3-10(12)16-9/h2-3,8,13H,4-7H2,1H3. The lowest BCUT2D eigenvalue weighted by atomic mass is 10.1. The van der Waals surface area contributed by atoms with Gasteiger partial charge in [-0.3, -0.25) is 4.79 Å². The van der Waals surface area contributed by atoms with Crippen LogP contribution in [0, 0.1) is 0 Å². The van der Waals surface area contributed by atoms with Crippen molar-refractivity contribution in [2.75, 3.05) is 20.1 Å². The molecule has 1 aliphatic heterocycles. The second kappa shape index (κ2) is 5.01. The molecule has 1 aliphatic rings. The number of piperidine rings is 1. The largest absolute Gasteiger partial charge is 0.444 e. The summed E-state index contributed by atoms with van der Waals surface area (Å²) in [5.41, 5.74) is 0.